The minimum absolute atomic E-state index is 0.0752. The molecule has 4 atom stereocenters. The second-order valence-corrected chi connectivity index (χ2v) is 8.24. The van der Waals surface area contributed by atoms with Crippen molar-refractivity contribution in [3.63, 3.8) is 0 Å². The molecule has 0 amide bonds. The summed E-state index contributed by atoms with van der Waals surface area (Å²) in [5, 5.41) is 8.91. The molecule has 23 heavy (non-hydrogen) atoms. The number of ketones is 1. The second-order valence-electron chi connectivity index (χ2n) is 8.24. The molecule has 0 radical (unpaired) electrons. The lowest BCUT2D eigenvalue weighted by Gasteiger charge is -2.57. The Hall–Kier alpha value is -1.38. The van der Waals surface area contributed by atoms with Crippen molar-refractivity contribution >= 4 is 11.8 Å². The molecule has 2 rings (SSSR count). The van der Waals surface area contributed by atoms with Crippen molar-refractivity contribution in [3.8, 4) is 0 Å². The Labute approximate surface area is 139 Å². The van der Waals surface area contributed by atoms with E-state index in [2.05, 4.69) is 27.7 Å². The number of allylic oxidation sites excluding steroid dienone is 3. The summed E-state index contributed by atoms with van der Waals surface area (Å²) < 4.78 is 0. The van der Waals surface area contributed by atoms with Crippen LogP contribution < -0.4 is 0 Å². The maximum absolute atomic E-state index is 12.2. The second kappa shape index (κ2) is 6.26. The number of carboxylic acids is 1. The van der Waals surface area contributed by atoms with E-state index in [9.17, 15) is 9.59 Å². The SMILES string of the molecule is CC1=CC(=O)C[C@@H]2[C@@](C)(CC/C(C)=C\C(=O)O)[C@@H](C)CC[C@]12C. The third kappa shape index (κ3) is 3.29. The Morgan fingerprint density at radius 3 is 2.70 bits per heavy atom. The summed E-state index contributed by atoms with van der Waals surface area (Å²) in [5.74, 6) is 0.287. The van der Waals surface area contributed by atoms with Crippen LogP contribution in [0.4, 0.5) is 0 Å². The molecule has 3 nitrogen and oxygen atoms in total. The van der Waals surface area contributed by atoms with E-state index < -0.39 is 5.97 Å². The van der Waals surface area contributed by atoms with E-state index in [0.717, 1.165) is 24.8 Å². The molecule has 0 spiro atoms. The number of carbonyl (C=O) groups excluding carboxylic acids is 1. The molecule has 0 unspecified atom stereocenters. The normalized spacial score (nSPS) is 38.0. The number of fused-ring (bicyclic) bond motifs is 1. The van der Waals surface area contributed by atoms with E-state index in [4.69, 9.17) is 5.11 Å². The molecule has 0 aromatic rings. The number of rotatable bonds is 4. The van der Waals surface area contributed by atoms with Crippen LogP contribution in [0.2, 0.25) is 0 Å². The van der Waals surface area contributed by atoms with Gasteiger partial charge in [-0.2, -0.15) is 0 Å². The van der Waals surface area contributed by atoms with Crippen LogP contribution in [-0.4, -0.2) is 16.9 Å². The van der Waals surface area contributed by atoms with Gasteiger partial charge in [-0.25, -0.2) is 4.79 Å². The fraction of sp³-hybridized carbons (Fsp3) is 0.700. The molecule has 0 heterocycles. The van der Waals surface area contributed by atoms with Crippen molar-refractivity contribution in [1.82, 2.24) is 0 Å². The Bertz CT molecular complexity index is 571. The van der Waals surface area contributed by atoms with Crippen LogP contribution in [0.15, 0.2) is 23.3 Å². The molecule has 0 bridgehead atoms. The summed E-state index contributed by atoms with van der Waals surface area (Å²) >= 11 is 0. The lowest BCUT2D eigenvalue weighted by molar-refractivity contribution is -0.131. The summed E-state index contributed by atoms with van der Waals surface area (Å²) in [6, 6.07) is 0. The zero-order chi connectivity index (χ0) is 17.4. The molecular formula is C20H30O3. The van der Waals surface area contributed by atoms with E-state index in [1.165, 1.54) is 18.1 Å². The van der Waals surface area contributed by atoms with Crippen LogP contribution in [0.1, 0.15) is 66.7 Å². The minimum atomic E-state index is -0.874. The zero-order valence-electron chi connectivity index (χ0n) is 15.1. The van der Waals surface area contributed by atoms with Crippen LogP contribution >= 0.6 is 0 Å². The Morgan fingerprint density at radius 2 is 2.09 bits per heavy atom. The van der Waals surface area contributed by atoms with Gasteiger partial charge in [-0.05, 0) is 68.3 Å². The molecule has 1 fully saturated rings. The average molecular weight is 318 g/mol. The monoisotopic (exact) mass is 318 g/mol. The highest BCUT2D eigenvalue weighted by atomic mass is 16.4. The van der Waals surface area contributed by atoms with Crippen LogP contribution in [0, 0.1) is 22.7 Å². The van der Waals surface area contributed by atoms with Gasteiger partial charge in [0.05, 0.1) is 0 Å². The van der Waals surface area contributed by atoms with Crippen molar-refractivity contribution in [3.05, 3.63) is 23.3 Å². The topological polar surface area (TPSA) is 54.4 Å². The van der Waals surface area contributed by atoms with Gasteiger partial charge in [-0.15, -0.1) is 0 Å². The van der Waals surface area contributed by atoms with Gasteiger partial charge >= 0.3 is 5.97 Å². The first-order valence-electron chi connectivity index (χ1n) is 8.71. The van der Waals surface area contributed by atoms with E-state index in [0.29, 0.717) is 18.3 Å². The standard InChI is InChI=1S/C20H30O3/c1-13(10-18(22)23)6-8-19(4)14(2)7-9-20(5)15(3)11-16(21)12-17(19)20/h10-11,14,17H,6-9,12H2,1-5H3,(H,22,23)/b13-10-/t14-,17+,19-,20+/m0/s1. The van der Waals surface area contributed by atoms with Crippen LogP contribution in [0.25, 0.3) is 0 Å². The Kier molecular flexibility index (Phi) is 4.89. The lowest BCUT2D eigenvalue weighted by Crippen LogP contribution is -2.50. The fourth-order valence-electron chi connectivity index (χ4n) is 4.86. The summed E-state index contributed by atoms with van der Waals surface area (Å²) in [7, 11) is 0. The van der Waals surface area contributed by atoms with E-state index in [1.54, 1.807) is 0 Å². The third-order valence-electron chi connectivity index (χ3n) is 6.90. The van der Waals surface area contributed by atoms with E-state index in [-0.39, 0.29) is 16.6 Å². The summed E-state index contributed by atoms with van der Waals surface area (Å²) in [6.45, 7) is 10.9. The highest BCUT2D eigenvalue weighted by molar-refractivity contribution is 5.92. The predicted molar refractivity (Wildman–Crippen MR) is 92.1 cm³/mol. The van der Waals surface area contributed by atoms with Gasteiger partial charge in [-0.1, -0.05) is 31.9 Å². The van der Waals surface area contributed by atoms with Crippen molar-refractivity contribution in [1.29, 1.82) is 0 Å². The van der Waals surface area contributed by atoms with Gasteiger partial charge in [0, 0.05) is 12.5 Å². The Morgan fingerprint density at radius 1 is 1.43 bits per heavy atom. The summed E-state index contributed by atoms with van der Waals surface area (Å²) in [4.78, 5) is 23.0. The molecule has 0 saturated heterocycles. The largest absolute Gasteiger partial charge is 0.478 e. The first-order valence-corrected chi connectivity index (χ1v) is 8.71. The molecule has 2 aliphatic rings. The minimum Gasteiger partial charge on any atom is -0.478 e. The molecule has 1 saturated carbocycles. The number of hydrogen-bond donors (Lipinski definition) is 1. The maximum atomic E-state index is 12.2. The Balaban J connectivity index is 2.29. The van der Waals surface area contributed by atoms with Crippen molar-refractivity contribution in [2.24, 2.45) is 22.7 Å². The molecule has 2 aliphatic carbocycles. The molecule has 0 aromatic heterocycles. The number of carbonyl (C=O) groups is 2. The highest BCUT2D eigenvalue weighted by Gasteiger charge is 2.54. The molecule has 1 N–H and O–H groups in total. The van der Waals surface area contributed by atoms with Gasteiger partial charge in [0.15, 0.2) is 5.78 Å². The predicted octanol–water partition coefficient (Wildman–Crippen LogP) is 4.78. The maximum Gasteiger partial charge on any atom is 0.328 e. The smallest absolute Gasteiger partial charge is 0.328 e. The number of hydrogen-bond acceptors (Lipinski definition) is 2. The highest BCUT2D eigenvalue weighted by Crippen LogP contribution is 2.61. The average Bonchev–Trinajstić information content (AvgIpc) is 2.44. The van der Waals surface area contributed by atoms with Crippen LogP contribution in [0.3, 0.4) is 0 Å². The van der Waals surface area contributed by atoms with E-state index in [1.807, 2.05) is 13.0 Å². The van der Waals surface area contributed by atoms with Crippen LogP contribution in [0.5, 0.6) is 0 Å². The van der Waals surface area contributed by atoms with Gasteiger partial charge in [0.25, 0.3) is 0 Å². The lowest BCUT2D eigenvalue weighted by atomic mass is 9.47. The molecule has 0 aromatic carbocycles. The molecule has 128 valence electrons. The van der Waals surface area contributed by atoms with Gasteiger partial charge < -0.3 is 5.11 Å². The number of carboxylic acid groups (broad SMARTS) is 1. The quantitative estimate of drug-likeness (QED) is 0.759. The fourth-order valence-corrected chi connectivity index (χ4v) is 4.86. The third-order valence-corrected chi connectivity index (χ3v) is 6.90. The zero-order valence-corrected chi connectivity index (χ0v) is 15.1. The van der Waals surface area contributed by atoms with Crippen molar-refractivity contribution < 1.29 is 14.7 Å². The van der Waals surface area contributed by atoms with Crippen molar-refractivity contribution in [2.75, 3.05) is 0 Å². The van der Waals surface area contributed by atoms with E-state index >= 15 is 0 Å². The van der Waals surface area contributed by atoms with Gasteiger partial charge in [0.2, 0.25) is 0 Å². The molecule has 3 heteroatoms. The first-order chi connectivity index (χ1) is 10.6. The van der Waals surface area contributed by atoms with Crippen LogP contribution in [-0.2, 0) is 9.59 Å². The number of aliphatic carboxylic acids is 1. The van der Waals surface area contributed by atoms with Gasteiger partial charge in [-0.3, -0.25) is 4.79 Å². The molecular weight excluding hydrogens is 288 g/mol. The van der Waals surface area contributed by atoms with Gasteiger partial charge in [0.1, 0.15) is 0 Å². The molecule has 0 aliphatic heterocycles. The summed E-state index contributed by atoms with van der Waals surface area (Å²) in [5.41, 5.74) is 2.33. The first kappa shape index (κ1) is 18.0. The van der Waals surface area contributed by atoms with Crippen molar-refractivity contribution in [2.45, 2.75) is 66.7 Å². The summed E-state index contributed by atoms with van der Waals surface area (Å²) in [6.07, 6.45) is 7.85.